The van der Waals surface area contributed by atoms with Crippen LogP contribution in [0.1, 0.15) is 0 Å². The van der Waals surface area contributed by atoms with Gasteiger partial charge < -0.3 is 4.57 Å². The smallest absolute Gasteiger partial charge is 0.196 e. The van der Waals surface area contributed by atoms with Gasteiger partial charge in [-0.15, -0.1) is 0 Å². The van der Waals surface area contributed by atoms with Crippen molar-refractivity contribution in [3.63, 3.8) is 0 Å². The molecule has 0 amide bonds. The highest BCUT2D eigenvalue weighted by atomic mass is 19.2. The van der Waals surface area contributed by atoms with Crippen molar-refractivity contribution in [3.8, 4) is 5.69 Å². The standard InChI is InChI=1S/C10H5F4N/c11-6-5-7(12)10(9(14)8(6)13)15-3-1-2-4-15/h1-5H. The molecule has 0 aliphatic rings. The van der Waals surface area contributed by atoms with E-state index >= 15 is 0 Å². The van der Waals surface area contributed by atoms with Crippen molar-refractivity contribution in [3.05, 3.63) is 53.9 Å². The Hall–Kier alpha value is -1.78. The lowest BCUT2D eigenvalue weighted by Crippen LogP contribution is -2.04. The molecule has 0 bridgehead atoms. The second-order valence-electron chi connectivity index (χ2n) is 2.91. The van der Waals surface area contributed by atoms with Gasteiger partial charge in [0.25, 0.3) is 0 Å². The van der Waals surface area contributed by atoms with Gasteiger partial charge in [-0.3, -0.25) is 0 Å². The molecule has 0 unspecified atom stereocenters. The Bertz CT molecular complexity index is 491. The molecule has 1 aromatic carbocycles. The molecule has 78 valence electrons. The fourth-order valence-corrected chi connectivity index (χ4v) is 1.28. The van der Waals surface area contributed by atoms with Gasteiger partial charge in [0.05, 0.1) is 0 Å². The van der Waals surface area contributed by atoms with Crippen LogP contribution in [0.5, 0.6) is 0 Å². The van der Waals surface area contributed by atoms with E-state index in [4.69, 9.17) is 0 Å². The quantitative estimate of drug-likeness (QED) is 0.391. The molecule has 0 fully saturated rings. The van der Waals surface area contributed by atoms with Gasteiger partial charge in [0.15, 0.2) is 23.3 Å². The number of halogens is 4. The molecular weight excluding hydrogens is 210 g/mol. The highest BCUT2D eigenvalue weighted by Gasteiger charge is 2.19. The molecule has 0 N–H and O–H groups in total. The summed E-state index contributed by atoms with van der Waals surface area (Å²) in [7, 11) is 0. The normalized spacial score (nSPS) is 10.7. The lowest BCUT2D eigenvalue weighted by atomic mass is 10.2. The van der Waals surface area contributed by atoms with Crippen molar-refractivity contribution >= 4 is 0 Å². The third-order valence-corrected chi connectivity index (χ3v) is 1.95. The van der Waals surface area contributed by atoms with Crippen LogP contribution in [0.4, 0.5) is 17.6 Å². The SMILES string of the molecule is Fc1cc(F)c(-n2cccc2)c(F)c1F. The second-order valence-corrected chi connectivity index (χ2v) is 2.91. The van der Waals surface area contributed by atoms with Crippen LogP contribution in [0.15, 0.2) is 30.6 Å². The topological polar surface area (TPSA) is 4.93 Å². The van der Waals surface area contributed by atoms with Crippen molar-refractivity contribution < 1.29 is 17.6 Å². The molecule has 0 atom stereocenters. The summed E-state index contributed by atoms with van der Waals surface area (Å²) in [6.07, 6.45) is 2.66. The fraction of sp³-hybridized carbons (Fsp3) is 0. The monoisotopic (exact) mass is 215 g/mol. The van der Waals surface area contributed by atoms with Crippen LogP contribution in [0.25, 0.3) is 5.69 Å². The van der Waals surface area contributed by atoms with Crippen molar-refractivity contribution in [2.24, 2.45) is 0 Å². The molecule has 0 spiro atoms. The molecular formula is C10H5F4N. The Balaban J connectivity index is 2.72. The molecule has 2 rings (SSSR count). The maximum Gasteiger partial charge on any atom is 0.196 e. The van der Waals surface area contributed by atoms with E-state index in [0.29, 0.717) is 6.07 Å². The number of aromatic nitrogens is 1. The van der Waals surface area contributed by atoms with Crippen LogP contribution >= 0.6 is 0 Å². The lowest BCUT2D eigenvalue weighted by molar-refractivity contribution is 0.431. The van der Waals surface area contributed by atoms with Gasteiger partial charge in [-0.05, 0) is 12.1 Å². The van der Waals surface area contributed by atoms with E-state index in [1.54, 1.807) is 0 Å². The van der Waals surface area contributed by atoms with Crippen molar-refractivity contribution in [2.75, 3.05) is 0 Å². The van der Waals surface area contributed by atoms with Crippen molar-refractivity contribution in [2.45, 2.75) is 0 Å². The number of rotatable bonds is 1. The minimum absolute atomic E-state index is 0.313. The molecule has 0 aliphatic carbocycles. The Morgan fingerprint density at radius 3 is 2.00 bits per heavy atom. The first-order valence-corrected chi connectivity index (χ1v) is 4.07. The van der Waals surface area contributed by atoms with Crippen LogP contribution < -0.4 is 0 Å². The van der Waals surface area contributed by atoms with Crippen molar-refractivity contribution in [1.82, 2.24) is 4.57 Å². The maximum absolute atomic E-state index is 13.2. The molecule has 0 aliphatic heterocycles. The summed E-state index contributed by atoms with van der Waals surface area (Å²) >= 11 is 0. The molecule has 15 heavy (non-hydrogen) atoms. The predicted molar refractivity (Wildman–Crippen MR) is 45.6 cm³/mol. The van der Waals surface area contributed by atoms with Crippen LogP contribution in [0.2, 0.25) is 0 Å². The summed E-state index contributed by atoms with van der Waals surface area (Å²) in [5.41, 5.74) is -0.626. The zero-order valence-electron chi connectivity index (χ0n) is 7.35. The summed E-state index contributed by atoms with van der Waals surface area (Å²) in [4.78, 5) is 0. The summed E-state index contributed by atoms with van der Waals surface area (Å²) in [6.45, 7) is 0. The van der Waals surface area contributed by atoms with Gasteiger partial charge in [0.2, 0.25) is 0 Å². The molecule has 0 saturated carbocycles. The van der Waals surface area contributed by atoms with Gasteiger partial charge in [-0.25, -0.2) is 17.6 Å². The predicted octanol–water partition coefficient (Wildman–Crippen LogP) is 3.03. The average molecular weight is 215 g/mol. The van der Waals surface area contributed by atoms with E-state index in [0.717, 1.165) is 4.57 Å². The largest absolute Gasteiger partial charge is 0.319 e. The first-order chi connectivity index (χ1) is 7.11. The zero-order valence-corrected chi connectivity index (χ0v) is 7.35. The first-order valence-electron chi connectivity index (χ1n) is 4.07. The van der Waals surface area contributed by atoms with Crippen LogP contribution in [0, 0.1) is 23.3 Å². The molecule has 1 nitrogen and oxygen atoms in total. The summed E-state index contributed by atoms with van der Waals surface area (Å²) in [5.74, 6) is -5.91. The molecule has 1 aromatic heterocycles. The Morgan fingerprint density at radius 2 is 1.40 bits per heavy atom. The molecule has 0 saturated heterocycles. The molecule has 2 aromatic rings. The van der Waals surface area contributed by atoms with Crippen LogP contribution in [0.3, 0.4) is 0 Å². The third-order valence-electron chi connectivity index (χ3n) is 1.95. The third kappa shape index (κ3) is 1.49. The number of hydrogen-bond acceptors (Lipinski definition) is 0. The van der Waals surface area contributed by atoms with Gasteiger partial charge in [0.1, 0.15) is 5.69 Å². The number of hydrogen-bond donors (Lipinski definition) is 0. The highest BCUT2D eigenvalue weighted by molar-refractivity contribution is 5.37. The van der Waals surface area contributed by atoms with E-state index in [2.05, 4.69) is 0 Å². The zero-order chi connectivity index (χ0) is 11.0. The highest BCUT2D eigenvalue weighted by Crippen LogP contribution is 2.22. The molecule has 5 heteroatoms. The lowest BCUT2D eigenvalue weighted by Gasteiger charge is -2.07. The van der Waals surface area contributed by atoms with Gasteiger partial charge in [-0.1, -0.05) is 0 Å². The van der Waals surface area contributed by atoms with Crippen LogP contribution in [-0.4, -0.2) is 4.57 Å². The Morgan fingerprint density at radius 1 is 0.800 bits per heavy atom. The minimum Gasteiger partial charge on any atom is -0.319 e. The summed E-state index contributed by atoms with van der Waals surface area (Å²) < 4.78 is 52.9. The fourth-order valence-electron chi connectivity index (χ4n) is 1.28. The Kier molecular flexibility index (Phi) is 2.22. The molecule has 1 heterocycles. The maximum atomic E-state index is 13.2. The summed E-state index contributed by atoms with van der Waals surface area (Å²) in [5, 5.41) is 0. The second kappa shape index (κ2) is 3.42. The molecule has 0 radical (unpaired) electrons. The van der Waals surface area contributed by atoms with E-state index in [1.807, 2.05) is 0 Å². The Labute approximate surface area is 82.6 Å². The van der Waals surface area contributed by atoms with E-state index in [-0.39, 0.29) is 0 Å². The minimum atomic E-state index is -1.68. The number of nitrogens with zero attached hydrogens (tertiary/aromatic N) is 1. The van der Waals surface area contributed by atoms with E-state index in [1.165, 1.54) is 24.5 Å². The van der Waals surface area contributed by atoms with E-state index < -0.39 is 29.0 Å². The van der Waals surface area contributed by atoms with Gasteiger partial charge >= 0.3 is 0 Å². The summed E-state index contributed by atoms with van der Waals surface area (Å²) in [6, 6.07) is 3.34. The van der Waals surface area contributed by atoms with Crippen LogP contribution in [-0.2, 0) is 0 Å². The van der Waals surface area contributed by atoms with Crippen molar-refractivity contribution in [1.29, 1.82) is 0 Å². The number of benzene rings is 1. The van der Waals surface area contributed by atoms with Gasteiger partial charge in [0, 0.05) is 18.5 Å². The van der Waals surface area contributed by atoms with Gasteiger partial charge in [-0.2, -0.15) is 0 Å². The average Bonchev–Trinajstić information content (AvgIpc) is 2.68. The van der Waals surface area contributed by atoms with E-state index in [9.17, 15) is 17.6 Å². The first kappa shape index (κ1) is 9.76.